The van der Waals surface area contributed by atoms with E-state index < -0.39 is 0 Å². The molecule has 0 unspecified atom stereocenters. The number of nitrogens with one attached hydrogen (secondary N) is 1. The summed E-state index contributed by atoms with van der Waals surface area (Å²) >= 11 is 0. The van der Waals surface area contributed by atoms with Gasteiger partial charge in [-0.15, -0.1) is 0 Å². The van der Waals surface area contributed by atoms with Crippen molar-refractivity contribution in [3.63, 3.8) is 0 Å². The quantitative estimate of drug-likeness (QED) is 0.374. The third kappa shape index (κ3) is 4.11. The average Bonchev–Trinajstić information content (AvgIpc) is 3.13. The predicted molar refractivity (Wildman–Crippen MR) is 138 cm³/mol. The molecule has 0 amide bonds. The highest BCUT2D eigenvalue weighted by Crippen LogP contribution is 2.33. The number of hydrogen-bond donors (Lipinski definition) is 2. The Kier molecular flexibility index (Phi) is 5.48. The second kappa shape index (κ2) is 8.96. The van der Waals surface area contributed by atoms with Gasteiger partial charge in [0.2, 0.25) is 0 Å². The van der Waals surface area contributed by atoms with Crippen LogP contribution in [-0.4, -0.2) is 33.3 Å². The highest BCUT2D eigenvalue weighted by atomic mass is 19.1. The van der Waals surface area contributed by atoms with E-state index in [1.807, 2.05) is 31.2 Å². The van der Waals surface area contributed by atoms with Crippen LogP contribution in [0.5, 0.6) is 5.75 Å². The van der Waals surface area contributed by atoms with Crippen LogP contribution < -0.4 is 15.4 Å². The second-order valence-corrected chi connectivity index (χ2v) is 9.03. The molecule has 1 aliphatic heterocycles. The summed E-state index contributed by atoms with van der Waals surface area (Å²) in [5.74, 6) is 1.99. The number of nitrogens with two attached hydrogens (primary N) is 1. The molecule has 0 saturated heterocycles. The van der Waals surface area contributed by atoms with Gasteiger partial charge in [-0.05, 0) is 60.0 Å². The lowest BCUT2D eigenvalue weighted by Gasteiger charge is -2.24. The smallest absolute Gasteiger partial charge is 0.153 e. The van der Waals surface area contributed by atoms with Crippen molar-refractivity contribution in [1.29, 1.82) is 0 Å². The van der Waals surface area contributed by atoms with Crippen LogP contribution in [0, 0.1) is 12.7 Å². The van der Waals surface area contributed by atoms with E-state index in [1.54, 1.807) is 6.33 Å². The standard InChI is InChI=1S/C28H25FN6O/c1-17-23(12-18-2-6-22(29)7-3-18)28(32-16-31-17)35-10-11-36-26-9-5-19(13-21(26)15-35)20-4-8-25-24(14-20)27(30)34-33-25/h2-9,13-14,16H,10-12,15H2,1H3,(H3,30,33,34). The molecule has 0 aliphatic carbocycles. The molecule has 180 valence electrons. The van der Waals surface area contributed by atoms with Crippen molar-refractivity contribution < 1.29 is 9.13 Å². The number of ether oxygens (including phenoxy) is 1. The monoisotopic (exact) mass is 480 g/mol. The number of fused-ring (bicyclic) bond motifs is 2. The molecule has 1 aliphatic rings. The Hall–Kier alpha value is -4.46. The first kappa shape index (κ1) is 22.0. The molecule has 0 spiro atoms. The molecular weight excluding hydrogens is 455 g/mol. The Morgan fingerprint density at radius 3 is 2.69 bits per heavy atom. The summed E-state index contributed by atoms with van der Waals surface area (Å²) in [5, 5.41) is 7.95. The Morgan fingerprint density at radius 2 is 1.83 bits per heavy atom. The number of H-pyrrole nitrogens is 1. The van der Waals surface area contributed by atoms with Crippen LogP contribution in [0.25, 0.3) is 22.0 Å². The number of nitrogens with zero attached hydrogens (tertiary/aromatic N) is 4. The largest absolute Gasteiger partial charge is 0.491 e. The Morgan fingerprint density at radius 1 is 1.03 bits per heavy atom. The maximum Gasteiger partial charge on any atom is 0.153 e. The molecule has 36 heavy (non-hydrogen) atoms. The Bertz CT molecular complexity index is 1560. The molecular formula is C28H25FN6O. The molecule has 7 nitrogen and oxygen atoms in total. The van der Waals surface area contributed by atoms with E-state index in [0.717, 1.165) is 56.0 Å². The lowest BCUT2D eigenvalue weighted by Crippen LogP contribution is -2.28. The van der Waals surface area contributed by atoms with Crippen LogP contribution in [0.4, 0.5) is 16.0 Å². The summed E-state index contributed by atoms with van der Waals surface area (Å²) < 4.78 is 19.5. The van der Waals surface area contributed by atoms with Crippen LogP contribution in [0.3, 0.4) is 0 Å². The molecule has 6 rings (SSSR count). The van der Waals surface area contributed by atoms with E-state index >= 15 is 0 Å². The van der Waals surface area contributed by atoms with Crippen molar-refractivity contribution in [3.8, 4) is 16.9 Å². The van der Waals surface area contributed by atoms with Crippen molar-refractivity contribution in [2.24, 2.45) is 0 Å². The third-order valence-electron chi connectivity index (χ3n) is 6.70. The molecule has 0 atom stereocenters. The van der Waals surface area contributed by atoms with Crippen molar-refractivity contribution in [2.75, 3.05) is 23.8 Å². The van der Waals surface area contributed by atoms with E-state index in [4.69, 9.17) is 10.5 Å². The maximum atomic E-state index is 13.4. The predicted octanol–water partition coefficient (Wildman–Crippen LogP) is 5.04. The molecule has 0 radical (unpaired) electrons. The Labute approximate surface area is 207 Å². The van der Waals surface area contributed by atoms with Gasteiger partial charge in [0.25, 0.3) is 0 Å². The van der Waals surface area contributed by atoms with Crippen LogP contribution in [0.1, 0.15) is 22.4 Å². The molecule has 0 saturated carbocycles. The zero-order chi connectivity index (χ0) is 24.6. The fourth-order valence-corrected chi connectivity index (χ4v) is 4.74. The topological polar surface area (TPSA) is 93.0 Å². The Balaban J connectivity index is 1.34. The van der Waals surface area contributed by atoms with Gasteiger partial charge in [0, 0.05) is 35.2 Å². The number of nitrogen functional groups attached to an aromatic ring is 1. The normalized spacial score (nSPS) is 13.3. The first-order valence-corrected chi connectivity index (χ1v) is 11.8. The van der Waals surface area contributed by atoms with E-state index in [2.05, 4.69) is 49.3 Å². The maximum absolute atomic E-state index is 13.4. The van der Waals surface area contributed by atoms with Crippen molar-refractivity contribution in [2.45, 2.75) is 19.9 Å². The lowest BCUT2D eigenvalue weighted by atomic mass is 10.0. The molecule has 3 aromatic carbocycles. The van der Waals surface area contributed by atoms with Gasteiger partial charge in [-0.1, -0.05) is 24.3 Å². The van der Waals surface area contributed by atoms with Crippen molar-refractivity contribution in [3.05, 3.63) is 95.2 Å². The van der Waals surface area contributed by atoms with Gasteiger partial charge in [-0.2, -0.15) is 5.10 Å². The fourth-order valence-electron chi connectivity index (χ4n) is 4.74. The number of halogens is 1. The summed E-state index contributed by atoms with van der Waals surface area (Å²) in [6, 6.07) is 19.0. The number of anilines is 2. The first-order chi connectivity index (χ1) is 17.5. The number of aryl methyl sites for hydroxylation is 1. The minimum Gasteiger partial charge on any atom is -0.491 e. The summed E-state index contributed by atoms with van der Waals surface area (Å²) in [5.41, 5.74) is 13.1. The third-order valence-corrected chi connectivity index (χ3v) is 6.70. The number of rotatable bonds is 4. The first-order valence-electron chi connectivity index (χ1n) is 11.8. The zero-order valence-corrected chi connectivity index (χ0v) is 19.8. The highest BCUT2D eigenvalue weighted by Gasteiger charge is 2.21. The molecule has 2 aromatic heterocycles. The van der Waals surface area contributed by atoms with Gasteiger partial charge in [-0.3, -0.25) is 5.10 Å². The minimum absolute atomic E-state index is 0.244. The zero-order valence-electron chi connectivity index (χ0n) is 19.8. The van der Waals surface area contributed by atoms with Gasteiger partial charge >= 0.3 is 0 Å². The molecule has 5 aromatic rings. The van der Waals surface area contributed by atoms with Crippen LogP contribution in [-0.2, 0) is 13.0 Å². The molecule has 3 N–H and O–H groups in total. The number of aromatic amines is 1. The van der Waals surface area contributed by atoms with E-state index in [0.29, 0.717) is 31.9 Å². The van der Waals surface area contributed by atoms with Gasteiger partial charge in [-0.25, -0.2) is 14.4 Å². The van der Waals surface area contributed by atoms with Crippen LogP contribution in [0.2, 0.25) is 0 Å². The summed E-state index contributed by atoms with van der Waals surface area (Å²) in [6.07, 6.45) is 2.23. The average molecular weight is 481 g/mol. The van der Waals surface area contributed by atoms with E-state index in [-0.39, 0.29) is 5.82 Å². The second-order valence-electron chi connectivity index (χ2n) is 9.03. The van der Waals surface area contributed by atoms with Crippen LogP contribution in [0.15, 0.2) is 67.0 Å². The number of hydrogen-bond acceptors (Lipinski definition) is 6. The fraction of sp³-hybridized carbons (Fsp3) is 0.179. The molecule has 3 heterocycles. The summed E-state index contributed by atoms with van der Waals surface area (Å²) in [6.45, 7) is 3.87. The number of benzene rings is 3. The summed E-state index contributed by atoms with van der Waals surface area (Å²) in [4.78, 5) is 11.3. The van der Waals surface area contributed by atoms with Gasteiger partial charge in [0.05, 0.1) is 12.1 Å². The van der Waals surface area contributed by atoms with Crippen molar-refractivity contribution in [1.82, 2.24) is 20.2 Å². The highest BCUT2D eigenvalue weighted by molar-refractivity contribution is 5.92. The minimum atomic E-state index is -0.244. The van der Waals surface area contributed by atoms with Crippen molar-refractivity contribution >= 4 is 22.5 Å². The van der Waals surface area contributed by atoms with E-state index in [9.17, 15) is 4.39 Å². The van der Waals surface area contributed by atoms with Gasteiger partial charge in [0.15, 0.2) is 5.82 Å². The van der Waals surface area contributed by atoms with Crippen LogP contribution >= 0.6 is 0 Å². The van der Waals surface area contributed by atoms with Gasteiger partial charge in [0.1, 0.15) is 30.3 Å². The van der Waals surface area contributed by atoms with E-state index in [1.165, 1.54) is 12.1 Å². The molecule has 8 heteroatoms. The summed E-state index contributed by atoms with van der Waals surface area (Å²) in [7, 11) is 0. The van der Waals surface area contributed by atoms with Gasteiger partial charge < -0.3 is 15.4 Å². The molecule has 0 fully saturated rings. The number of aromatic nitrogens is 4. The SMILES string of the molecule is Cc1ncnc(N2CCOc3ccc(-c4ccc5[nH]nc(N)c5c4)cc3C2)c1Cc1ccc(F)cc1. The molecule has 0 bridgehead atoms. The lowest BCUT2D eigenvalue weighted by molar-refractivity contribution is 0.331.